The molecule has 1 aliphatic carbocycles. The van der Waals surface area contributed by atoms with Crippen molar-refractivity contribution in [3.05, 3.63) is 78.4 Å². The lowest BCUT2D eigenvalue weighted by molar-refractivity contribution is 0.443. The fraction of sp³-hybridized carbons (Fsp3) is 0.250. The molecule has 3 aromatic carbocycles. The van der Waals surface area contributed by atoms with Gasteiger partial charge in [0.1, 0.15) is 10.9 Å². The molecule has 1 saturated carbocycles. The average Bonchev–Trinajstić information content (AvgIpc) is 2.73. The van der Waals surface area contributed by atoms with Gasteiger partial charge in [-0.25, -0.2) is 0 Å². The van der Waals surface area contributed by atoms with Gasteiger partial charge < -0.3 is 0 Å². The van der Waals surface area contributed by atoms with E-state index in [1.807, 2.05) is 11.8 Å². The SMILES string of the molecule is c1ccc2c(c1)Sc1ccccc1[S+]2c1ccc(C2CCCCC2)cc1. The molecule has 0 bridgehead atoms. The zero-order valence-corrected chi connectivity index (χ0v) is 16.5. The van der Waals surface area contributed by atoms with Crippen LogP contribution in [0.5, 0.6) is 0 Å². The van der Waals surface area contributed by atoms with Crippen LogP contribution >= 0.6 is 11.8 Å². The average molecular weight is 376 g/mol. The molecule has 0 unspecified atom stereocenters. The van der Waals surface area contributed by atoms with Crippen LogP contribution in [0, 0.1) is 0 Å². The first-order valence-corrected chi connectivity index (χ1v) is 11.6. The Balaban J connectivity index is 1.55. The van der Waals surface area contributed by atoms with Gasteiger partial charge in [-0.2, -0.15) is 0 Å². The molecule has 1 aliphatic heterocycles. The normalized spacial score (nSPS) is 17.5. The van der Waals surface area contributed by atoms with Crippen LogP contribution in [-0.2, 0) is 10.9 Å². The lowest BCUT2D eigenvalue weighted by Gasteiger charge is -2.22. The van der Waals surface area contributed by atoms with Crippen molar-refractivity contribution in [1.29, 1.82) is 0 Å². The highest BCUT2D eigenvalue weighted by molar-refractivity contribution is 8.04. The minimum Gasteiger partial charge on any atom is -0.0795 e. The van der Waals surface area contributed by atoms with Crippen LogP contribution < -0.4 is 0 Å². The van der Waals surface area contributed by atoms with Crippen molar-refractivity contribution in [1.82, 2.24) is 0 Å². The van der Waals surface area contributed by atoms with Crippen LogP contribution in [0.2, 0.25) is 0 Å². The fourth-order valence-corrected chi connectivity index (χ4v) is 7.95. The van der Waals surface area contributed by atoms with Crippen molar-refractivity contribution in [2.24, 2.45) is 0 Å². The van der Waals surface area contributed by atoms with Gasteiger partial charge in [-0.15, -0.1) is 0 Å². The highest BCUT2D eigenvalue weighted by Crippen LogP contribution is 2.48. The number of hydrogen-bond donors (Lipinski definition) is 0. The molecule has 0 radical (unpaired) electrons. The summed E-state index contributed by atoms with van der Waals surface area (Å²) in [7, 11) is 0.00805. The second-order valence-electron chi connectivity index (χ2n) is 7.21. The molecular formula is C24H23S2+. The minimum atomic E-state index is 0.00805. The van der Waals surface area contributed by atoms with E-state index in [0.29, 0.717) is 0 Å². The van der Waals surface area contributed by atoms with Crippen LogP contribution in [0.15, 0.2) is 97.3 Å². The monoisotopic (exact) mass is 375 g/mol. The Hall–Kier alpha value is -1.64. The summed E-state index contributed by atoms with van der Waals surface area (Å²) in [6.45, 7) is 0. The van der Waals surface area contributed by atoms with Crippen molar-refractivity contribution in [3.8, 4) is 0 Å². The maximum Gasteiger partial charge on any atom is 0.180 e. The van der Waals surface area contributed by atoms with Crippen molar-refractivity contribution in [2.75, 3.05) is 0 Å². The van der Waals surface area contributed by atoms with Crippen LogP contribution in [0.3, 0.4) is 0 Å². The predicted octanol–water partition coefficient (Wildman–Crippen LogP) is 7.29. The summed E-state index contributed by atoms with van der Waals surface area (Å²) in [5, 5.41) is 0. The summed E-state index contributed by atoms with van der Waals surface area (Å²) in [5.41, 5.74) is 1.55. The molecule has 130 valence electrons. The second kappa shape index (κ2) is 7.17. The summed E-state index contributed by atoms with van der Waals surface area (Å²) in [4.78, 5) is 7.21. The zero-order chi connectivity index (χ0) is 17.3. The first kappa shape index (κ1) is 16.5. The first-order chi connectivity index (χ1) is 12.9. The number of fused-ring (bicyclic) bond motifs is 2. The molecule has 3 aromatic rings. The first-order valence-electron chi connectivity index (χ1n) is 9.60. The van der Waals surface area contributed by atoms with Gasteiger partial charge in [0.15, 0.2) is 14.7 Å². The van der Waals surface area contributed by atoms with Crippen molar-refractivity contribution >= 4 is 22.7 Å². The van der Waals surface area contributed by atoms with Gasteiger partial charge >= 0.3 is 0 Å². The topological polar surface area (TPSA) is 0 Å². The van der Waals surface area contributed by atoms with Gasteiger partial charge in [0, 0.05) is 0 Å². The largest absolute Gasteiger partial charge is 0.180 e. The Labute approximate surface area is 163 Å². The summed E-state index contributed by atoms with van der Waals surface area (Å²) in [6.07, 6.45) is 6.95. The van der Waals surface area contributed by atoms with E-state index in [1.54, 1.807) is 5.56 Å². The van der Waals surface area contributed by atoms with E-state index in [9.17, 15) is 0 Å². The number of rotatable bonds is 2. The molecule has 0 atom stereocenters. The third-order valence-corrected chi connectivity index (χ3v) is 9.30. The Kier molecular flexibility index (Phi) is 4.56. The molecule has 0 aromatic heterocycles. The molecule has 26 heavy (non-hydrogen) atoms. The van der Waals surface area contributed by atoms with E-state index in [-0.39, 0.29) is 10.9 Å². The van der Waals surface area contributed by atoms with Gasteiger partial charge in [-0.1, -0.05) is 67.4 Å². The van der Waals surface area contributed by atoms with Gasteiger partial charge in [0.2, 0.25) is 0 Å². The molecule has 2 aliphatic rings. The van der Waals surface area contributed by atoms with Gasteiger partial charge in [-0.05, 0) is 60.7 Å². The summed E-state index contributed by atoms with van der Waals surface area (Å²) >= 11 is 1.91. The molecule has 5 rings (SSSR count). The lowest BCUT2D eigenvalue weighted by atomic mass is 9.84. The summed E-state index contributed by atoms with van der Waals surface area (Å²) < 4.78 is 0. The van der Waals surface area contributed by atoms with Crippen LogP contribution in [0.1, 0.15) is 43.6 Å². The third kappa shape index (κ3) is 3.00. The number of hydrogen-bond acceptors (Lipinski definition) is 1. The molecule has 0 N–H and O–H groups in total. The molecule has 0 saturated heterocycles. The number of benzene rings is 3. The lowest BCUT2D eigenvalue weighted by Crippen LogP contribution is -2.11. The Morgan fingerprint density at radius 1 is 0.654 bits per heavy atom. The van der Waals surface area contributed by atoms with Crippen LogP contribution in [-0.4, -0.2) is 0 Å². The van der Waals surface area contributed by atoms with Gasteiger partial charge in [0.25, 0.3) is 0 Å². The third-order valence-electron chi connectivity index (χ3n) is 5.55. The maximum atomic E-state index is 2.41. The van der Waals surface area contributed by atoms with Crippen molar-refractivity contribution in [3.63, 3.8) is 0 Å². The molecule has 0 spiro atoms. The minimum absolute atomic E-state index is 0.00805. The summed E-state index contributed by atoms with van der Waals surface area (Å²) in [5.74, 6) is 0.780. The Morgan fingerprint density at radius 3 is 1.85 bits per heavy atom. The van der Waals surface area contributed by atoms with Gasteiger partial charge in [-0.3, -0.25) is 0 Å². The van der Waals surface area contributed by atoms with Crippen molar-refractivity contribution in [2.45, 2.75) is 62.5 Å². The van der Waals surface area contributed by atoms with E-state index in [0.717, 1.165) is 5.92 Å². The Bertz CT molecular complexity index is 862. The van der Waals surface area contributed by atoms with Crippen molar-refractivity contribution < 1.29 is 0 Å². The summed E-state index contributed by atoms with van der Waals surface area (Å²) in [6, 6.07) is 27.5. The van der Waals surface area contributed by atoms with E-state index in [2.05, 4.69) is 72.8 Å². The molecule has 2 heteroatoms. The van der Waals surface area contributed by atoms with Crippen LogP contribution in [0.25, 0.3) is 0 Å². The maximum absolute atomic E-state index is 2.41. The van der Waals surface area contributed by atoms with E-state index in [1.165, 1.54) is 56.6 Å². The van der Waals surface area contributed by atoms with E-state index in [4.69, 9.17) is 0 Å². The molecule has 0 amide bonds. The molecule has 1 fully saturated rings. The Morgan fingerprint density at radius 2 is 1.23 bits per heavy atom. The molecular weight excluding hydrogens is 352 g/mol. The molecule has 0 nitrogen and oxygen atoms in total. The van der Waals surface area contributed by atoms with E-state index < -0.39 is 0 Å². The highest BCUT2D eigenvalue weighted by Gasteiger charge is 2.37. The zero-order valence-electron chi connectivity index (χ0n) is 14.9. The van der Waals surface area contributed by atoms with E-state index >= 15 is 0 Å². The highest BCUT2D eigenvalue weighted by atomic mass is 32.2. The fourth-order valence-electron chi connectivity index (χ4n) is 4.21. The second-order valence-corrected chi connectivity index (χ2v) is 10.3. The quantitative estimate of drug-likeness (QED) is 0.331. The standard InChI is InChI=1S/C24H23S2/c1-2-8-18(9-3-1)19-14-16-20(17-15-19)26-23-12-6-4-10-21(23)25-22-11-5-7-13-24(22)26/h4-7,10-18H,1-3,8-9H2/q+1. The molecule has 1 heterocycles. The van der Waals surface area contributed by atoms with Gasteiger partial charge in [0.05, 0.1) is 9.79 Å². The smallest absolute Gasteiger partial charge is 0.0795 e. The van der Waals surface area contributed by atoms with Crippen LogP contribution in [0.4, 0.5) is 0 Å². The predicted molar refractivity (Wildman–Crippen MR) is 111 cm³/mol.